The number of hydrogen-bond acceptors (Lipinski definition) is 5. The number of nitrogens with zero attached hydrogens (tertiary/aromatic N) is 2. The molecule has 2 heterocycles. The van der Waals surface area contributed by atoms with Gasteiger partial charge in [-0.1, -0.05) is 18.2 Å². The summed E-state index contributed by atoms with van der Waals surface area (Å²) in [5, 5.41) is 22.2. The van der Waals surface area contributed by atoms with E-state index in [0.717, 1.165) is 0 Å². The molecule has 1 aromatic heterocycles. The van der Waals surface area contributed by atoms with Gasteiger partial charge in [-0.05, 0) is 31.9 Å². The molecule has 1 saturated heterocycles. The van der Waals surface area contributed by atoms with Crippen LogP contribution in [-0.2, 0) is 4.79 Å². The van der Waals surface area contributed by atoms with Crippen LogP contribution in [0.25, 0.3) is 10.9 Å². The van der Waals surface area contributed by atoms with E-state index in [4.69, 9.17) is 0 Å². The van der Waals surface area contributed by atoms with Crippen molar-refractivity contribution in [2.45, 2.75) is 31.7 Å². The number of carbonyl (C=O) groups excluding carboxylic acids is 2. The molecule has 2 aromatic rings. The lowest BCUT2D eigenvalue weighted by atomic mass is 9.78. The van der Waals surface area contributed by atoms with Gasteiger partial charge in [0.15, 0.2) is 0 Å². The first-order valence-electron chi connectivity index (χ1n) is 8.30. The van der Waals surface area contributed by atoms with Gasteiger partial charge in [0.1, 0.15) is 6.04 Å². The molecule has 0 spiro atoms. The molecule has 3 rings (SSSR count). The van der Waals surface area contributed by atoms with Crippen molar-refractivity contribution in [1.29, 1.82) is 0 Å². The van der Waals surface area contributed by atoms with E-state index < -0.39 is 19.1 Å². The minimum atomic E-state index is -1.57. The van der Waals surface area contributed by atoms with Gasteiger partial charge in [-0.25, -0.2) is 0 Å². The molecule has 0 saturated carbocycles. The summed E-state index contributed by atoms with van der Waals surface area (Å²) in [4.78, 5) is 30.8. The quantitative estimate of drug-likeness (QED) is 0.697. The summed E-state index contributed by atoms with van der Waals surface area (Å²) >= 11 is 0. The Hall–Kier alpha value is -2.45. The number of para-hydroxylation sites is 1. The van der Waals surface area contributed by atoms with Gasteiger partial charge in [0.2, 0.25) is 5.91 Å². The number of fused-ring (bicyclic) bond motifs is 1. The number of rotatable bonds is 4. The van der Waals surface area contributed by atoms with Crippen molar-refractivity contribution in [3.05, 3.63) is 42.1 Å². The molecule has 0 aliphatic carbocycles. The van der Waals surface area contributed by atoms with Crippen LogP contribution in [0, 0.1) is 0 Å². The standard InChI is InChI=1S/C17H20BN3O4/c1-11(17(23)21-10-4-7-15(21)18(24)25)20-16(22)13-8-9-19-14-6-3-2-5-12(13)14/h2-3,5-6,8-9,11,15,24-25H,4,7,10H2,1H3,(H,20,22)/t11-,15+/m1/s1. The number of benzene rings is 1. The molecule has 1 fully saturated rings. The van der Waals surface area contributed by atoms with Crippen molar-refractivity contribution in [2.24, 2.45) is 0 Å². The Balaban J connectivity index is 1.75. The van der Waals surface area contributed by atoms with E-state index in [1.165, 1.54) is 4.90 Å². The number of nitrogens with one attached hydrogen (secondary N) is 1. The summed E-state index contributed by atoms with van der Waals surface area (Å²) in [6.07, 6.45) is 2.81. The molecule has 8 heteroatoms. The number of likely N-dealkylation sites (tertiary alicyclic amines) is 1. The molecule has 1 aliphatic heterocycles. The lowest BCUT2D eigenvalue weighted by molar-refractivity contribution is -0.132. The Bertz CT molecular complexity index is 793. The largest absolute Gasteiger partial charge is 0.475 e. The van der Waals surface area contributed by atoms with Crippen molar-refractivity contribution in [3.63, 3.8) is 0 Å². The van der Waals surface area contributed by atoms with Crippen LogP contribution in [0.3, 0.4) is 0 Å². The third-order valence-electron chi connectivity index (χ3n) is 4.54. The van der Waals surface area contributed by atoms with Gasteiger partial charge in [0.25, 0.3) is 5.91 Å². The molecule has 2 amide bonds. The van der Waals surface area contributed by atoms with Gasteiger partial charge >= 0.3 is 7.12 Å². The van der Waals surface area contributed by atoms with Crippen LogP contribution < -0.4 is 5.32 Å². The zero-order valence-corrected chi connectivity index (χ0v) is 13.9. The van der Waals surface area contributed by atoms with E-state index in [0.29, 0.717) is 35.9 Å². The smallest absolute Gasteiger partial charge is 0.426 e. The minimum Gasteiger partial charge on any atom is -0.426 e. The normalized spacial score (nSPS) is 18.2. The molecule has 0 radical (unpaired) electrons. The molecule has 1 aromatic carbocycles. The lowest BCUT2D eigenvalue weighted by Gasteiger charge is -2.27. The van der Waals surface area contributed by atoms with Crippen molar-refractivity contribution >= 4 is 29.8 Å². The van der Waals surface area contributed by atoms with Gasteiger partial charge in [-0.2, -0.15) is 0 Å². The highest BCUT2D eigenvalue weighted by molar-refractivity contribution is 6.43. The second-order valence-corrected chi connectivity index (χ2v) is 6.23. The Morgan fingerprint density at radius 3 is 2.84 bits per heavy atom. The molecule has 7 nitrogen and oxygen atoms in total. The topological polar surface area (TPSA) is 103 Å². The van der Waals surface area contributed by atoms with Gasteiger partial charge in [-0.15, -0.1) is 0 Å². The fourth-order valence-electron chi connectivity index (χ4n) is 3.25. The summed E-state index contributed by atoms with van der Waals surface area (Å²) in [5.74, 6) is -1.30. The second-order valence-electron chi connectivity index (χ2n) is 6.23. The SMILES string of the molecule is C[C@@H](NC(=O)c1ccnc2ccccc12)C(=O)N1CCC[C@H]1B(O)O. The summed E-state index contributed by atoms with van der Waals surface area (Å²) in [7, 11) is -1.57. The third-order valence-corrected chi connectivity index (χ3v) is 4.54. The summed E-state index contributed by atoms with van der Waals surface area (Å²) in [6, 6.07) is 8.15. The zero-order chi connectivity index (χ0) is 18.0. The highest BCUT2D eigenvalue weighted by Crippen LogP contribution is 2.20. The maximum atomic E-state index is 12.6. The molecule has 3 N–H and O–H groups in total. The van der Waals surface area contributed by atoms with Crippen LogP contribution in [0.2, 0.25) is 0 Å². The fourth-order valence-corrected chi connectivity index (χ4v) is 3.25. The molecule has 0 bridgehead atoms. The molecule has 2 atom stereocenters. The van der Waals surface area contributed by atoms with Crippen LogP contribution in [-0.4, -0.2) is 57.4 Å². The summed E-state index contributed by atoms with van der Waals surface area (Å²) in [6.45, 7) is 2.06. The van der Waals surface area contributed by atoms with E-state index in [9.17, 15) is 19.6 Å². The molecule has 1 aliphatic rings. The minimum absolute atomic E-state index is 0.317. The molecule has 25 heavy (non-hydrogen) atoms. The molecular formula is C17H20BN3O4. The van der Waals surface area contributed by atoms with Crippen LogP contribution >= 0.6 is 0 Å². The van der Waals surface area contributed by atoms with Crippen LogP contribution in [0.4, 0.5) is 0 Å². The van der Waals surface area contributed by atoms with Crippen molar-refractivity contribution in [3.8, 4) is 0 Å². The molecule has 130 valence electrons. The van der Waals surface area contributed by atoms with Crippen molar-refractivity contribution in [2.75, 3.05) is 6.54 Å². The molecular weight excluding hydrogens is 321 g/mol. The van der Waals surface area contributed by atoms with Gasteiger partial charge in [0.05, 0.1) is 17.0 Å². The van der Waals surface area contributed by atoms with Crippen LogP contribution in [0.1, 0.15) is 30.1 Å². The second kappa shape index (κ2) is 7.20. The Labute approximate surface area is 145 Å². The highest BCUT2D eigenvalue weighted by atomic mass is 16.4. The summed E-state index contributed by atoms with van der Waals surface area (Å²) in [5.41, 5.74) is 1.16. The summed E-state index contributed by atoms with van der Waals surface area (Å²) < 4.78 is 0. The van der Waals surface area contributed by atoms with Gasteiger partial charge in [-0.3, -0.25) is 14.6 Å². The van der Waals surface area contributed by atoms with E-state index in [1.54, 1.807) is 19.2 Å². The van der Waals surface area contributed by atoms with Crippen LogP contribution in [0.15, 0.2) is 36.5 Å². The molecule has 0 unspecified atom stereocenters. The third kappa shape index (κ3) is 3.50. The Morgan fingerprint density at radius 2 is 2.08 bits per heavy atom. The van der Waals surface area contributed by atoms with Gasteiger partial charge < -0.3 is 20.3 Å². The van der Waals surface area contributed by atoms with Crippen molar-refractivity contribution in [1.82, 2.24) is 15.2 Å². The highest BCUT2D eigenvalue weighted by Gasteiger charge is 2.38. The average molecular weight is 341 g/mol. The predicted octanol–water partition coefficient (Wildman–Crippen LogP) is 0.356. The maximum Gasteiger partial charge on any atom is 0.475 e. The first-order valence-corrected chi connectivity index (χ1v) is 8.30. The van der Waals surface area contributed by atoms with Gasteiger partial charge in [0, 0.05) is 18.1 Å². The average Bonchev–Trinajstić information content (AvgIpc) is 3.10. The number of amides is 2. The number of aromatic nitrogens is 1. The van der Waals surface area contributed by atoms with Crippen LogP contribution in [0.5, 0.6) is 0 Å². The number of carbonyl (C=O) groups is 2. The predicted molar refractivity (Wildman–Crippen MR) is 93.6 cm³/mol. The first-order chi connectivity index (χ1) is 12.0. The fraction of sp³-hybridized carbons (Fsp3) is 0.353. The monoisotopic (exact) mass is 341 g/mol. The number of pyridine rings is 1. The van der Waals surface area contributed by atoms with Crippen molar-refractivity contribution < 1.29 is 19.6 Å². The Kier molecular flexibility index (Phi) is 5.01. The number of hydrogen-bond donors (Lipinski definition) is 3. The Morgan fingerprint density at radius 1 is 1.32 bits per heavy atom. The zero-order valence-electron chi connectivity index (χ0n) is 13.9. The first kappa shape index (κ1) is 17.4. The van der Waals surface area contributed by atoms with E-state index >= 15 is 0 Å². The maximum absolute atomic E-state index is 12.6. The lowest BCUT2D eigenvalue weighted by Crippen LogP contribution is -2.52. The van der Waals surface area contributed by atoms with E-state index in [2.05, 4.69) is 10.3 Å². The van der Waals surface area contributed by atoms with E-state index in [-0.39, 0.29) is 11.8 Å². The van der Waals surface area contributed by atoms with E-state index in [1.807, 2.05) is 24.3 Å².